The molecule has 2 unspecified atom stereocenters. The van der Waals surface area contributed by atoms with Gasteiger partial charge in [-0.25, -0.2) is 0 Å². The van der Waals surface area contributed by atoms with Crippen molar-refractivity contribution in [3.8, 4) is 0 Å². The summed E-state index contributed by atoms with van der Waals surface area (Å²) in [6.07, 6.45) is 5.19. The van der Waals surface area contributed by atoms with Crippen LogP contribution in [0, 0.1) is 0 Å². The van der Waals surface area contributed by atoms with E-state index in [2.05, 4.69) is 44.0 Å². The highest BCUT2D eigenvalue weighted by Gasteiger charge is 2.33. The van der Waals surface area contributed by atoms with Crippen molar-refractivity contribution in [2.24, 2.45) is 0 Å². The van der Waals surface area contributed by atoms with Gasteiger partial charge in [-0.15, -0.1) is 0 Å². The van der Waals surface area contributed by atoms with Crippen LogP contribution in [0.4, 0.5) is 0 Å². The van der Waals surface area contributed by atoms with E-state index < -0.39 is 0 Å². The van der Waals surface area contributed by atoms with Crippen LogP contribution in [0.25, 0.3) is 0 Å². The minimum absolute atomic E-state index is 0.227. The summed E-state index contributed by atoms with van der Waals surface area (Å²) >= 11 is 0. The zero-order valence-electron chi connectivity index (χ0n) is 12.8. The van der Waals surface area contributed by atoms with Crippen LogP contribution in [0.5, 0.6) is 0 Å². The van der Waals surface area contributed by atoms with Gasteiger partial charge in [0.05, 0.1) is 6.26 Å². The van der Waals surface area contributed by atoms with E-state index in [9.17, 15) is 0 Å². The predicted molar refractivity (Wildman–Crippen MR) is 79.4 cm³/mol. The third-order valence-electron chi connectivity index (χ3n) is 4.29. The molecule has 3 heteroatoms. The number of rotatable bonds is 5. The minimum Gasteiger partial charge on any atom is -0.469 e. The molecular weight excluding hydrogens is 236 g/mol. The minimum atomic E-state index is 0.227. The second kappa shape index (κ2) is 6.10. The van der Waals surface area contributed by atoms with Crippen LogP contribution >= 0.6 is 0 Å². The lowest BCUT2D eigenvalue weighted by molar-refractivity contribution is 0.0548. The molecule has 2 atom stereocenters. The van der Waals surface area contributed by atoms with Gasteiger partial charge < -0.3 is 9.73 Å². The highest BCUT2D eigenvalue weighted by molar-refractivity contribution is 4.99. The van der Waals surface area contributed by atoms with Crippen LogP contribution < -0.4 is 5.32 Å². The maximum Gasteiger partial charge on any atom is 0.103 e. The Kier molecular flexibility index (Phi) is 4.69. The Morgan fingerprint density at radius 1 is 1.53 bits per heavy atom. The van der Waals surface area contributed by atoms with Crippen LogP contribution in [0.3, 0.4) is 0 Å². The average Bonchev–Trinajstić information content (AvgIpc) is 2.88. The lowest BCUT2D eigenvalue weighted by Crippen LogP contribution is -2.63. The summed E-state index contributed by atoms with van der Waals surface area (Å²) in [4.78, 5) is 2.68. The van der Waals surface area contributed by atoms with Crippen molar-refractivity contribution < 1.29 is 4.42 Å². The molecule has 0 saturated carbocycles. The molecule has 1 aliphatic heterocycles. The molecule has 1 fully saturated rings. The lowest BCUT2D eigenvalue weighted by Gasteiger charge is -2.47. The van der Waals surface area contributed by atoms with Crippen LogP contribution in [0.15, 0.2) is 22.8 Å². The summed E-state index contributed by atoms with van der Waals surface area (Å²) < 4.78 is 5.43. The summed E-state index contributed by atoms with van der Waals surface area (Å²) in [5, 5.41) is 3.65. The topological polar surface area (TPSA) is 28.4 Å². The first-order chi connectivity index (χ1) is 9.02. The van der Waals surface area contributed by atoms with Gasteiger partial charge in [0.25, 0.3) is 0 Å². The van der Waals surface area contributed by atoms with Crippen molar-refractivity contribution in [1.29, 1.82) is 0 Å². The average molecular weight is 264 g/mol. The number of aryl methyl sites for hydroxylation is 1. The lowest BCUT2D eigenvalue weighted by atomic mass is 9.95. The number of nitrogens with zero attached hydrogens (tertiary/aromatic N) is 1. The van der Waals surface area contributed by atoms with E-state index in [1.807, 2.05) is 6.07 Å². The molecule has 0 aromatic carbocycles. The Hall–Kier alpha value is -0.800. The molecule has 2 rings (SSSR count). The molecule has 2 heterocycles. The monoisotopic (exact) mass is 264 g/mol. The molecule has 3 nitrogen and oxygen atoms in total. The molecule has 19 heavy (non-hydrogen) atoms. The van der Waals surface area contributed by atoms with Gasteiger partial charge in [-0.1, -0.05) is 6.92 Å². The predicted octanol–water partition coefficient (Wildman–Crippen LogP) is 3.06. The van der Waals surface area contributed by atoms with Crippen molar-refractivity contribution in [2.75, 3.05) is 13.1 Å². The summed E-state index contributed by atoms with van der Waals surface area (Å²) in [7, 11) is 0. The molecule has 0 aliphatic carbocycles. The van der Waals surface area contributed by atoms with Crippen molar-refractivity contribution in [3.05, 3.63) is 24.2 Å². The molecule has 0 spiro atoms. The molecular formula is C16H28N2O. The third kappa shape index (κ3) is 3.83. The van der Waals surface area contributed by atoms with Crippen LogP contribution in [0.1, 0.15) is 46.3 Å². The molecule has 1 aliphatic rings. The highest BCUT2D eigenvalue weighted by Crippen LogP contribution is 2.22. The maximum atomic E-state index is 5.43. The van der Waals surface area contributed by atoms with Crippen molar-refractivity contribution >= 4 is 0 Å². The van der Waals surface area contributed by atoms with Crippen LogP contribution in [-0.4, -0.2) is 35.6 Å². The SMILES string of the molecule is CCC1CNC(C)(C)CN1C(C)CCc1ccco1. The summed E-state index contributed by atoms with van der Waals surface area (Å²) in [5.74, 6) is 1.11. The Morgan fingerprint density at radius 3 is 2.95 bits per heavy atom. The Balaban J connectivity index is 1.92. The van der Waals surface area contributed by atoms with E-state index in [1.165, 1.54) is 12.8 Å². The molecule has 1 saturated heterocycles. The second-order valence-electron chi connectivity index (χ2n) is 6.47. The number of hydrogen-bond acceptors (Lipinski definition) is 3. The van der Waals surface area contributed by atoms with Crippen LogP contribution in [0.2, 0.25) is 0 Å². The van der Waals surface area contributed by atoms with Gasteiger partial charge in [-0.05, 0) is 45.7 Å². The van der Waals surface area contributed by atoms with Gasteiger partial charge >= 0.3 is 0 Å². The van der Waals surface area contributed by atoms with E-state index in [1.54, 1.807) is 6.26 Å². The smallest absolute Gasteiger partial charge is 0.103 e. The number of hydrogen-bond donors (Lipinski definition) is 1. The molecule has 1 N–H and O–H groups in total. The van der Waals surface area contributed by atoms with E-state index in [0.717, 1.165) is 25.3 Å². The summed E-state index contributed by atoms with van der Waals surface area (Å²) in [6.45, 7) is 11.5. The highest BCUT2D eigenvalue weighted by atomic mass is 16.3. The van der Waals surface area contributed by atoms with Gasteiger partial charge in [0.2, 0.25) is 0 Å². The quantitative estimate of drug-likeness (QED) is 0.886. The molecule has 108 valence electrons. The summed E-state index contributed by atoms with van der Waals surface area (Å²) in [6, 6.07) is 5.32. The molecule has 0 radical (unpaired) electrons. The fraction of sp³-hybridized carbons (Fsp3) is 0.750. The first-order valence-electron chi connectivity index (χ1n) is 7.55. The molecule has 1 aromatic rings. The molecule has 0 amide bonds. The van der Waals surface area contributed by atoms with Crippen LogP contribution in [-0.2, 0) is 6.42 Å². The Morgan fingerprint density at radius 2 is 2.32 bits per heavy atom. The third-order valence-corrected chi connectivity index (χ3v) is 4.29. The fourth-order valence-corrected chi connectivity index (χ4v) is 3.02. The largest absolute Gasteiger partial charge is 0.469 e. The van der Waals surface area contributed by atoms with Crippen molar-refractivity contribution in [2.45, 2.75) is 64.6 Å². The zero-order valence-corrected chi connectivity index (χ0v) is 12.8. The standard InChI is InChI=1S/C16H28N2O/c1-5-14-11-17-16(3,4)12-18(14)13(2)8-9-15-7-6-10-19-15/h6-7,10,13-14,17H,5,8-9,11-12H2,1-4H3. The van der Waals surface area contributed by atoms with E-state index in [4.69, 9.17) is 4.42 Å². The number of nitrogens with one attached hydrogen (secondary N) is 1. The fourth-order valence-electron chi connectivity index (χ4n) is 3.02. The van der Waals surface area contributed by atoms with Gasteiger partial charge in [0, 0.05) is 37.1 Å². The number of piperazine rings is 1. The van der Waals surface area contributed by atoms with E-state index in [-0.39, 0.29) is 5.54 Å². The zero-order chi connectivity index (χ0) is 13.9. The Bertz CT molecular complexity index is 372. The number of furan rings is 1. The first kappa shape index (κ1) is 14.6. The maximum absolute atomic E-state index is 5.43. The van der Waals surface area contributed by atoms with Crippen molar-refractivity contribution in [3.63, 3.8) is 0 Å². The first-order valence-corrected chi connectivity index (χ1v) is 7.55. The Labute approximate surface area is 117 Å². The molecule has 0 bridgehead atoms. The summed E-state index contributed by atoms with van der Waals surface area (Å²) in [5.41, 5.74) is 0.227. The molecule has 1 aromatic heterocycles. The van der Waals surface area contributed by atoms with Gasteiger partial charge in [-0.2, -0.15) is 0 Å². The van der Waals surface area contributed by atoms with Gasteiger partial charge in [0.1, 0.15) is 5.76 Å². The van der Waals surface area contributed by atoms with E-state index >= 15 is 0 Å². The van der Waals surface area contributed by atoms with Gasteiger partial charge in [0.15, 0.2) is 0 Å². The normalized spacial score (nSPS) is 25.4. The second-order valence-corrected chi connectivity index (χ2v) is 6.47. The van der Waals surface area contributed by atoms with Gasteiger partial charge in [-0.3, -0.25) is 4.90 Å². The van der Waals surface area contributed by atoms with E-state index in [0.29, 0.717) is 12.1 Å². The van der Waals surface area contributed by atoms with Crippen molar-refractivity contribution in [1.82, 2.24) is 10.2 Å².